The number of phenolic OH excluding ortho intramolecular Hbond substituents is 1. The Bertz CT molecular complexity index is 409. The number of benzene rings is 1. The average molecular weight is 208 g/mol. The Hall–Kier alpha value is -1.42. The standard InChI is InChI=1S/C11H12O4/c12-7-5-8(11(13)1-2-11)10-9(6-7)14-3-4-15-10/h5-6,12-13H,1-4H2. The van der Waals surface area contributed by atoms with Crippen LogP contribution >= 0.6 is 0 Å². The minimum Gasteiger partial charge on any atom is -0.508 e. The zero-order valence-electron chi connectivity index (χ0n) is 8.19. The number of fused-ring (bicyclic) bond motifs is 1. The monoisotopic (exact) mass is 208 g/mol. The van der Waals surface area contributed by atoms with E-state index in [-0.39, 0.29) is 5.75 Å². The summed E-state index contributed by atoms with van der Waals surface area (Å²) < 4.78 is 10.9. The van der Waals surface area contributed by atoms with Gasteiger partial charge in [-0.25, -0.2) is 0 Å². The summed E-state index contributed by atoms with van der Waals surface area (Å²) in [5.41, 5.74) is -0.166. The molecule has 0 amide bonds. The molecule has 0 unspecified atom stereocenters. The van der Waals surface area contributed by atoms with Gasteiger partial charge in [0.1, 0.15) is 19.0 Å². The molecule has 1 aromatic rings. The van der Waals surface area contributed by atoms with Gasteiger partial charge in [0, 0.05) is 11.6 Å². The van der Waals surface area contributed by atoms with Crippen LogP contribution in [0.3, 0.4) is 0 Å². The Kier molecular flexibility index (Phi) is 1.65. The van der Waals surface area contributed by atoms with Crippen LogP contribution in [0.4, 0.5) is 0 Å². The van der Waals surface area contributed by atoms with Crippen molar-refractivity contribution < 1.29 is 19.7 Å². The molecule has 1 fully saturated rings. The molecule has 0 spiro atoms. The molecule has 4 heteroatoms. The van der Waals surface area contributed by atoms with E-state index in [1.807, 2.05) is 0 Å². The van der Waals surface area contributed by atoms with Gasteiger partial charge in [-0.2, -0.15) is 0 Å². The maximum Gasteiger partial charge on any atom is 0.167 e. The number of hydrogen-bond acceptors (Lipinski definition) is 4. The van der Waals surface area contributed by atoms with Gasteiger partial charge < -0.3 is 19.7 Å². The van der Waals surface area contributed by atoms with Crippen molar-refractivity contribution in [3.8, 4) is 17.2 Å². The zero-order valence-corrected chi connectivity index (χ0v) is 8.19. The molecule has 1 saturated carbocycles. The molecule has 0 saturated heterocycles. The molecular weight excluding hydrogens is 196 g/mol. The fourth-order valence-corrected chi connectivity index (χ4v) is 1.87. The van der Waals surface area contributed by atoms with E-state index in [0.29, 0.717) is 43.1 Å². The predicted molar refractivity (Wildman–Crippen MR) is 52.2 cm³/mol. The maximum atomic E-state index is 10.0. The van der Waals surface area contributed by atoms with Crippen LogP contribution in [0.2, 0.25) is 0 Å². The van der Waals surface area contributed by atoms with Gasteiger partial charge in [-0.05, 0) is 18.9 Å². The SMILES string of the molecule is Oc1cc2c(c(C3(O)CC3)c1)OCCO2. The Morgan fingerprint density at radius 3 is 2.60 bits per heavy atom. The maximum absolute atomic E-state index is 10.0. The Morgan fingerprint density at radius 2 is 1.87 bits per heavy atom. The summed E-state index contributed by atoms with van der Waals surface area (Å²) in [6.07, 6.45) is 1.43. The lowest BCUT2D eigenvalue weighted by Crippen LogP contribution is -2.18. The quantitative estimate of drug-likeness (QED) is 0.726. The lowest BCUT2D eigenvalue weighted by molar-refractivity contribution is 0.129. The Balaban J connectivity index is 2.15. The van der Waals surface area contributed by atoms with Crippen molar-refractivity contribution in [1.29, 1.82) is 0 Å². The van der Waals surface area contributed by atoms with Crippen LogP contribution in [0.25, 0.3) is 0 Å². The Morgan fingerprint density at radius 1 is 1.13 bits per heavy atom. The van der Waals surface area contributed by atoms with Crippen LogP contribution in [0.15, 0.2) is 12.1 Å². The number of phenols is 1. The van der Waals surface area contributed by atoms with E-state index in [1.165, 1.54) is 6.07 Å². The number of aliphatic hydroxyl groups is 1. The first-order valence-corrected chi connectivity index (χ1v) is 5.04. The summed E-state index contributed by atoms with van der Waals surface area (Å²) in [5, 5.41) is 19.5. The molecule has 0 radical (unpaired) electrons. The highest BCUT2D eigenvalue weighted by atomic mass is 16.6. The summed E-state index contributed by atoms with van der Waals surface area (Å²) in [6.45, 7) is 0.967. The van der Waals surface area contributed by atoms with Crippen LogP contribution in [0.5, 0.6) is 17.2 Å². The van der Waals surface area contributed by atoms with Gasteiger partial charge in [-0.1, -0.05) is 0 Å². The molecule has 0 aromatic heterocycles. The van der Waals surface area contributed by atoms with Crippen molar-refractivity contribution in [1.82, 2.24) is 0 Å². The second-order valence-electron chi connectivity index (χ2n) is 4.05. The zero-order chi connectivity index (χ0) is 10.5. The van der Waals surface area contributed by atoms with Crippen molar-refractivity contribution in [2.75, 3.05) is 13.2 Å². The van der Waals surface area contributed by atoms with Gasteiger partial charge >= 0.3 is 0 Å². The highest BCUT2D eigenvalue weighted by molar-refractivity contribution is 5.55. The van der Waals surface area contributed by atoms with Crippen molar-refractivity contribution in [3.05, 3.63) is 17.7 Å². The van der Waals surface area contributed by atoms with Crippen molar-refractivity contribution in [2.24, 2.45) is 0 Å². The minimum absolute atomic E-state index is 0.106. The molecule has 2 N–H and O–H groups in total. The number of rotatable bonds is 1. The predicted octanol–water partition coefficient (Wildman–Crippen LogP) is 1.14. The van der Waals surface area contributed by atoms with Gasteiger partial charge in [0.2, 0.25) is 0 Å². The number of ether oxygens (including phenoxy) is 2. The second-order valence-corrected chi connectivity index (χ2v) is 4.05. The molecule has 1 aliphatic heterocycles. The first-order chi connectivity index (χ1) is 7.19. The molecule has 1 aliphatic carbocycles. The smallest absolute Gasteiger partial charge is 0.167 e. The molecule has 4 nitrogen and oxygen atoms in total. The molecule has 0 atom stereocenters. The second kappa shape index (κ2) is 2.79. The molecule has 1 aromatic carbocycles. The minimum atomic E-state index is -0.816. The van der Waals surface area contributed by atoms with Gasteiger partial charge in [0.05, 0.1) is 5.60 Å². The van der Waals surface area contributed by atoms with E-state index >= 15 is 0 Å². The van der Waals surface area contributed by atoms with Crippen molar-refractivity contribution in [3.63, 3.8) is 0 Å². The van der Waals surface area contributed by atoms with Crippen LogP contribution < -0.4 is 9.47 Å². The van der Waals surface area contributed by atoms with Gasteiger partial charge in [-0.3, -0.25) is 0 Å². The van der Waals surface area contributed by atoms with E-state index in [1.54, 1.807) is 6.07 Å². The van der Waals surface area contributed by atoms with E-state index < -0.39 is 5.60 Å². The highest BCUT2D eigenvalue weighted by Gasteiger charge is 2.45. The summed E-state index contributed by atoms with van der Waals surface area (Å²) in [6, 6.07) is 3.07. The number of aromatic hydroxyl groups is 1. The van der Waals surface area contributed by atoms with E-state index in [9.17, 15) is 10.2 Å². The molecule has 2 aliphatic rings. The molecule has 15 heavy (non-hydrogen) atoms. The molecular formula is C11H12O4. The largest absolute Gasteiger partial charge is 0.508 e. The average Bonchev–Trinajstić information content (AvgIpc) is 2.96. The van der Waals surface area contributed by atoms with Crippen LogP contribution in [0, 0.1) is 0 Å². The molecule has 3 rings (SSSR count). The van der Waals surface area contributed by atoms with E-state index in [4.69, 9.17) is 9.47 Å². The van der Waals surface area contributed by atoms with Gasteiger partial charge in [0.15, 0.2) is 11.5 Å². The topological polar surface area (TPSA) is 58.9 Å². The van der Waals surface area contributed by atoms with E-state index in [0.717, 1.165) is 0 Å². The third-order valence-electron chi connectivity index (χ3n) is 2.85. The van der Waals surface area contributed by atoms with Crippen molar-refractivity contribution >= 4 is 0 Å². The fraction of sp³-hybridized carbons (Fsp3) is 0.455. The van der Waals surface area contributed by atoms with Crippen LogP contribution in [-0.2, 0) is 5.60 Å². The molecule has 0 bridgehead atoms. The third kappa shape index (κ3) is 1.33. The van der Waals surface area contributed by atoms with Crippen molar-refractivity contribution in [2.45, 2.75) is 18.4 Å². The van der Waals surface area contributed by atoms with Crippen LogP contribution in [-0.4, -0.2) is 23.4 Å². The van der Waals surface area contributed by atoms with E-state index in [2.05, 4.69) is 0 Å². The first kappa shape index (κ1) is 8.85. The normalized spacial score (nSPS) is 21.1. The summed E-state index contributed by atoms with van der Waals surface area (Å²) >= 11 is 0. The molecule has 80 valence electrons. The summed E-state index contributed by atoms with van der Waals surface area (Å²) in [5.74, 6) is 1.21. The van der Waals surface area contributed by atoms with Gasteiger partial charge in [-0.15, -0.1) is 0 Å². The lowest BCUT2D eigenvalue weighted by atomic mass is 10.0. The highest BCUT2D eigenvalue weighted by Crippen LogP contribution is 2.52. The fourth-order valence-electron chi connectivity index (χ4n) is 1.87. The van der Waals surface area contributed by atoms with Gasteiger partial charge in [0.25, 0.3) is 0 Å². The summed E-state index contributed by atoms with van der Waals surface area (Å²) in [4.78, 5) is 0. The van der Waals surface area contributed by atoms with Crippen LogP contribution in [0.1, 0.15) is 18.4 Å². The number of hydrogen-bond donors (Lipinski definition) is 2. The summed E-state index contributed by atoms with van der Waals surface area (Å²) in [7, 11) is 0. The molecule has 1 heterocycles. The third-order valence-corrected chi connectivity index (χ3v) is 2.85. The first-order valence-electron chi connectivity index (χ1n) is 5.04. The Labute approximate surface area is 87.1 Å². The lowest BCUT2D eigenvalue weighted by Gasteiger charge is -2.23.